The second kappa shape index (κ2) is 13.7. The Bertz CT molecular complexity index is 971. The van der Waals surface area contributed by atoms with Gasteiger partial charge in [-0.25, -0.2) is 0 Å². The number of nitrogens with one attached hydrogen (secondary N) is 1. The van der Waals surface area contributed by atoms with Crippen molar-refractivity contribution in [1.82, 2.24) is 0 Å². The quantitative estimate of drug-likeness (QED) is 0.319. The normalized spacial score (nSPS) is 18.8. The zero-order chi connectivity index (χ0) is 24.0. The SMILES string of the molecule is COc1ccc(C[N+]2(C)CCCC2C(=O)Nc2ccc(OC)c(OCC(C)C)c2)cc1OC.O.[I-]. The Kier molecular flexibility index (Phi) is 12.1. The minimum atomic E-state index is -0.139. The van der Waals surface area contributed by atoms with E-state index in [9.17, 15) is 4.79 Å². The second-order valence-corrected chi connectivity index (χ2v) is 9.27. The molecule has 0 spiro atoms. The van der Waals surface area contributed by atoms with Crippen LogP contribution >= 0.6 is 0 Å². The number of nitrogens with zero attached hydrogens (tertiary/aromatic N) is 1. The highest BCUT2D eigenvalue weighted by molar-refractivity contribution is 5.94. The van der Waals surface area contributed by atoms with Gasteiger partial charge >= 0.3 is 0 Å². The van der Waals surface area contributed by atoms with E-state index in [2.05, 4.69) is 26.2 Å². The zero-order valence-electron chi connectivity index (χ0n) is 21.5. The minimum absolute atomic E-state index is 0. The lowest BCUT2D eigenvalue weighted by atomic mass is 10.1. The molecule has 35 heavy (non-hydrogen) atoms. The van der Waals surface area contributed by atoms with E-state index >= 15 is 0 Å². The van der Waals surface area contributed by atoms with E-state index in [4.69, 9.17) is 18.9 Å². The van der Waals surface area contributed by atoms with Gasteiger partial charge < -0.3 is 58.2 Å². The van der Waals surface area contributed by atoms with E-state index in [0.717, 1.165) is 31.5 Å². The first kappa shape index (κ1) is 30.8. The molecule has 2 aromatic rings. The largest absolute Gasteiger partial charge is 1.00 e. The smallest absolute Gasteiger partial charge is 0.282 e. The lowest BCUT2D eigenvalue weighted by Gasteiger charge is -2.35. The summed E-state index contributed by atoms with van der Waals surface area (Å²) in [5.74, 6) is 3.11. The topological polar surface area (TPSA) is 97.5 Å². The fourth-order valence-electron chi connectivity index (χ4n) is 4.46. The number of halogens is 1. The Hall–Kier alpha value is -2.24. The van der Waals surface area contributed by atoms with Crippen molar-refractivity contribution in [2.45, 2.75) is 39.3 Å². The summed E-state index contributed by atoms with van der Waals surface area (Å²) < 4.78 is 22.8. The molecule has 1 amide bonds. The molecule has 1 aliphatic rings. The van der Waals surface area contributed by atoms with Crippen molar-refractivity contribution in [3.63, 3.8) is 0 Å². The molecule has 1 heterocycles. The summed E-state index contributed by atoms with van der Waals surface area (Å²) in [4.78, 5) is 13.3. The van der Waals surface area contributed by atoms with E-state index in [1.165, 1.54) is 0 Å². The number of methoxy groups -OCH3 is 3. The number of quaternary nitrogens is 1. The van der Waals surface area contributed by atoms with Crippen LogP contribution in [0.4, 0.5) is 5.69 Å². The van der Waals surface area contributed by atoms with Crippen molar-refractivity contribution in [3.05, 3.63) is 42.0 Å². The molecular formula is C26H39IN2O6. The molecule has 0 aromatic heterocycles. The first-order valence-electron chi connectivity index (χ1n) is 11.5. The highest BCUT2D eigenvalue weighted by Crippen LogP contribution is 2.34. The van der Waals surface area contributed by atoms with Gasteiger partial charge in [-0.3, -0.25) is 4.79 Å². The van der Waals surface area contributed by atoms with Crippen LogP contribution in [-0.2, 0) is 11.3 Å². The molecule has 1 fully saturated rings. The van der Waals surface area contributed by atoms with E-state index in [1.54, 1.807) is 21.3 Å². The summed E-state index contributed by atoms with van der Waals surface area (Å²) in [6, 6.07) is 11.3. The molecule has 3 N–H and O–H groups in total. The molecule has 9 heteroatoms. The molecule has 196 valence electrons. The molecule has 0 bridgehead atoms. The first-order chi connectivity index (χ1) is 15.8. The van der Waals surface area contributed by atoms with Crippen molar-refractivity contribution < 1.29 is 57.7 Å². The summed E-state index contributed by atoms with van der Waals surface area (Å²) in [5.41, 5.74) is 1.83. The van der Waals surface area contributed by atoms with Gasteiger partial charge in [-0.2, -0.15) is 0 Å². The molecule has 2 aromatic carbocycles. The van der Waals surface area contributed by atoms with Gasteiger partial charge in [-0.1, -0.05) is 13.8 Å². The van der Waals surface area contributed by atoms with E-state index in [1.807, 2.05) is 36.4 Å². The Morgan fingerprint density at radius 3 is 2.26 bits per heavy atom. The van der Waals surface area contributed by atoms with Gasteiger partial charge in [0.15, 0.2) is 29.0 Å². The van der Waals surface area contributed by atoms with Gasteiger partial charge in [0.1, 0.15) is 6.54 Å². The summed E-state index contributed by atoms with van der Waals surface area (Å²) in [7, 11) is 7.04. The van der Waals surface area contributed by atoms with Crippen molar-refractivity contribution in [2.24, 2.45) is 5.92 Å². The van der Waals surface area contributed by atoms with E-state index in [-0.39, 0.29) is 41.4 Å². The van der Waals surface area contributed by atoms with Gasteiger partial charge in [0.2, 0.25) is 0 Å². The second-order valence-electron chi connectivity index (χ2n) is 9.27. The number of benzene rings is 2. The summed E-state index contributed by atoms with van der Waals surface area (Å²) in [5, 5.41) is 3.11. The Morgan fingerprint density at radius 1 is 1.00 bits per heavy atom. The third kappa shape index (κ3) is 7.62. The maximum atomic E-state index is 13.3. The van der Waals surface area contributed by atoms with Crippen LogP contribution in [0.25, 0.3) is 0 Å². The number of rotatable bonds is 10. The molecule has 3 rings (SSSR count). The minimum Gasteiger partial charge on any atom is -1.00 e. The van der Waals surface area contributed by atoms with Gasteiger partial charge in [0, 0.05) is 30.2 Å². The summed E-state index contributed by atoms with van der Waals surface area (Å²) in [6.07, 6.45) is 1.86. The highest BCUT2D eigenvalue weighted by atomic mass is 127. The molecule has 8 nitrogen and oxygen atoms in total. The number of hydrogen-bond donors (Lipinski definition) is 1. The molecule has 1 aliphatic heterocycles. The van der Waals surface area contributed by atoms with Crippen LogP contribution in [0.15, 0.2) is 36.4 Å². The van der Waals surface area contributed by atoms with Crippen molar-refractivity contribution in [3.8, 4) is 23.0 Å². The van der Waals surface area contributed by atoms with Crippen LogP contribution in [0.1, 0.15) is 32.3 Å². The number of likely N-dealkylation sites (N-methyl/N-ethyl adjacent to an activating group) is 1. The number of amides is 1. The van der Waals surface area contributed by atoms with Crippen LogP contribution < -0.4 is 48.2 Å². The van der Waals surface area contributed by atoms with E-state index < -0.39 is 0 Å². The fraction of sp³-hybridized carbons (Fsp3) is 0.500. The molecule has 2 unspecified atom stereocenters. The van der Waals surface area contributed by atoms with Gasteiger partial charge in [-0.05, 0) is 36.2 Å². The number of carbonyl (C=O) groups excluding carboxylic acids is 1. The monoisotopic (exact) mass is 602 g/mol. The Morgan fingerprint density at radius 2 is 1.63 bits per heavy atom. The Labute approximate surface area is 225 Å². The molecule has 0 radical (unpaired) electrons. The van der Waals surface area contributed by atoms with Crippen molar-refractivity contribution in [2.75, 3.05) is 46.8 Å². The third-order valence-corrected chi connectivity index (χ3v) is 6.20. The number of likely N-dealkylation sites (tertiary alicyclic amines) is 1. The zero-order valence-corrected chi connectivity index (χ0v) is 23.7. The maximum absolute atomic E-state index is 13.3. The predicted molar refractivity (Wildman–Crippen MR) is 133 cm³/mol. The van der Waals surface area contributed by atoms with Crippen molar-refractivity contribution in [1.29, 1.82) is 0 Å². The number of ether oxygens (including phenoxy) is 4. The van der Waals surface area contributed by atoms with Crippen molar-refractivity contribution >= 4 is 11.6 Å². The molecule has 0 aliphatic carbocycles. The lowest BCUT2D eigenvalue weighted by molar-refractivity contribution is -0.925. The summed E-state index contributed by atoms with van der Waals surface area (Å²) >= 11 is 0. The predicted octanol–water partition coefficient (Wildman–Crippen LogP) is 0.674. The van der Waals surface area contributed by atoms with Crippen LogP contribution in [0.2, 0.25) is 0 Å². The summed E-state index contributed by atoms with van der Waals surface area (Å²) in [6.45, 7) is 6.45. The van der Waals surface area contributed by atoms with Crippen LogP contribution in [0.3, 0.4) is 0 Å². The number of hydrogen-bond acceptors (Lipinski definition) is 5. The first-order valence-corrected chi connectivity index (χ1v) is 11.5. The lowest BCUT2D eigenvalue weighted by Crippen LogP contribution is -3.00. The van der Waals surface area contributed by atoms with Gasteiger partial charge in [0.25, 0.3) is 5.91 Å². The van der Waals surface area contributed by atoms with Crippen LogP contribution in [0, 0.1) is 5.92 Å². The van der Waals surface area contributed by atoms with Gasteiger partial charge in [-0.15, -0.1) is 0 Å². The van der Waals surface area contributed by atoms with Crippen LogP contribution in [-0.4, -0.2) is 63.4 Å². The molecular weight excluding hydrogens is 563 g/mol. The molecule has 0 saturated carbocycles. The Balaban J connectivity index is 0.00000306. The molecule has 1 saturated heterocycles. The number of anilines is 1. The average Bonchev–Trinajstić information content (AvgIpc) is 3.18. The standard InChI is InChI=1S/C26H36N2O5.HI.H2O/c1-18(2)17-33-25-15-20(10-12-23(25)31-5)27-26(29)21-8-7-13-28(21,3)16-19-9-11-22(30-4)24(14-19)32-6;;/h9-12,14-15,18,21H,7-8,13,16-17H2,1-6H3;1H;1H2. The average molecular weight is 603 g/mol. The van der Waals surface area contributed by atoms with E-state index in [0.29, 0.717) is 45.7 Å². The highest BCUT2D eigenvalue weighted by Gasteiger charge is 2.43. The number of carbonyl (C=O) groups is 1. The van der Waals surface area contributed by atoms with Gasteiger partial charge in [0.05, 0.1) is 41.5 Å². The maximum Gasteiger partial charge on any atom is 0.282 e. The molecule has 2 atom stereocenters. The third-order valence-electron chi connectivity index (χ3n) is 6.20. The van der Waals surface area contributed by atoms with Crippen LogP contribution in [0.5, 0.6) is 23.0 Å². The fourth-order valence-corrected chi connectivity index (χ4v) is 4.46.